The average Bonchev–Trinajstić information content (AvgIpc) is 2.20. The van der Waals surface area contributed by atoms with Gasteiger partial charge in [0.05, 0.1) is 0 Å². The van der Waals surface area contributed by atoms with E-state index in [4.69, 9.17) is 5.11 Å². The number of benzene rings is 1. The second kappa shape index (κ2) is 7.43. The first-order valence-corrected chi connectivity index (χ1v) is 4.34. The van der Waals surface area contributed by atoms with Crippen LogP contribution in [0, 0.1) is 0 Å². The Kier molecular flexibility index (Phi) is 6.73. The van der Waals surface area contributed by atoms with Gasteiger partial charge in [0.1, 0.15) is 0 Å². The van der Waals surface area contributed by atoms with Gasteiger partial charge in [-0.15, -0.1) is 0 Å². The summed E-state index contributed by atoms with van der Waals surface area (Å²) in [6.45, 7) is 2.96. The number of carboxylic acid groups (broad SMARTS) is 1. The molecule has 0 saturated heterocycles. The van der Waals surface area contributed by atoms with Gasteiger partial charge in [0.2, 0.25) is 0 Å². The minimum absolute atomic E-state index is 0.833. The van der Waals surface area contributed by atoms with Crippen molar-refractivity contribution in [1.82, 2.24) is 0 Å². The van der Waals surface area contributed by atoms with Crippen molar-refractivity contribution < 1.29 is 9.90 Å². The number of thiol groups is 1. The predicted molar refractivity (Wildman–Crippen MR) is 57.0 cm³/mol. The summed E-state index contributed by atoms with van der Waals surface area (Å²) < 4.78 is 0. The fraction of sp³-hybridized carbons (Fsp3) is 0.100. The molecule has 1 N–H and O–H groups in total. The molecule has 0 radical (unpaired) electrons. The molecule has 1 rings (SSSR count). The maximum Gasteiger partial charge on any atom is 0.327 e. The SMILES string of the molecule is C=CC(=O)O.SCc1ccccc1. The van der Waals surface area contributed by atoms with E-state index in [9.17, 15) is 4.79 Å². The summed E-state index contributed by atoms with van der Waals surface area (Å²) in [4.78, 5) is 9.25. The topological polar surface area (TPSA) is 37.3 Å². The van der Waals surface area contributed by atoms with E-state index in [1.807, 2.05) is 18.2 Å². The summed E-state index contributed by atoms with van der Waals surface area (Å²) in [7, 11) is 0. The van der Waals surface area contributed by atoms with E-state index in [1.165, 1.54) is 5.56 Å². The van der Waals surface area contributed by atoms with Gasteiger partial charge in [-0.25, -0.2) is 4.79 Å². The zero-order valence-electron chi connectivity index (χ0n) is 7.18. The molecular formula is C10H12O2S. The van der Waals surface area contributed by atoms with Crippen molar-refractivity contribution in [3.63, 3.8) is 0 Å². The second-order valence-corrected chi connectivity index (χ2v) is 2.50. The standard InChI is InChI=1S/C7H8S.C3H4O2/c8-6-7-4-2-1-3-5-7;1-2-3(4)5/h1-5,8H,6H2;2H,1H2,(H,4,5). The number of carbonyl (C=O) groups is 1. The lowest BCUT2D eigenvalue weighted by Gasteiger charge is -1.89. The van der Waals surface area contributed by atoms with Gasteiger partial charge in [-0.1, -0.05) is 36.9 Å². The van der Waals surface area contributed by atoms with Crippen LogP contribution in [0.2, 0.25) is 0 Å². The van der Waals surface area contributed by atoms with Crippen LogP contribution in [0.1, 0.15) is 5.56 Å². The zero-order chi connectivity index (χ0) is 10.1. The Morgan fingerprint density at radius 2 is 1.92 bits per heavy atom. The van der Waals surface area contributed by atoms with E-state index in [0.717, 1.165) is 11.8 Å². The highest BCUT2D eigenvalue weighted by molar-refractivity contribution is 7.79. The molecule has 0 fully saturated rings. The number of hydrogen-bond donors (Lipinski definition) is 2. The molecule has 2 nitrogen and oxygen atoms in total. The minimum Gasteiger partial charge on any atom is -0.478 e. The maximum atomic E-state index is 9.25. The molecule has 0 atom stereocenters. The van der Waals surface area contributed by atoms with Crippen molar-refractivity contribution in [3.05, 3.63) is 48.6 Å². The van der Waals surface area contributed by atoms with Crippen LogP contribution in [0.25, 0.3) is 0 Å². The van der Waals surface area contributed by atoms with E-state index < -0.39 is 5.97 Å². The van der Waals surface area contributed by atoms with Crippen molar-refractivity contribution in [3.8, 4) is 0 Å². The normalized spacial score (nSPS) is 8.08. The van der Waals surface area contributed by atoms with Gasteiger partial charge in [0.15, 0.2) is 0 Å². The van der Waals surface area contributed by atoms with Crippen molar-refractivity contribution >= 4 is 18.6 Å². The molecule has 13 heavy (non-hydrogen) atoms. The first-order chi connectivity index (χ1) is 6.20. The lowest BCUT2D eigenvalue weighted by Crippen LogP contribution is -1.82. The van der Waals surface area contributed by atoms with Crippen LogP contribution in [0.3, 0.4) is 0 Å². The van der Waals surface area contributed by atoms with Crippen LogP contribution in [0.4, 0.5) is 0 Å². The molecule has 0 bridgehead atoms. The molecule has 70 valence electrons. The molecule has 0 spiro atoms. The Bertz CT molecular complexity index is 257. The Morgan fingerprint density at radius 1 is 1.46 bits per heavy atom. The van der Waals surface area contributed by atoms with Gasteiger partial charge in [-0.2, -0.15) is 12.6 Å². The quantitative estimate of drug-likeness (QED) is 0.563. The van der Waals surface area contributed by atoms with Crippen molar-refractivity contribution in [2.75, 3.05) is 0 Å². The molecule has 0 aliphatic rings. The highest BCUT2D eigenvalue weighted by Crippen LogP contribution is 2.00. The monoisotopic (exact) mass is 196 g/mol. The van der Waals surface area contributed by atoms with Gasteiger partial charge in [0.25, 0.3) is 0 Å². The molecule has 0 aliphatic heterocycles. The van der Waals surface area contributed by atoms with Gasteiger partial charge < -0.3 is 5.11 Å². The number of hydrogen-bond acceptors (Lipinski definition) is 2. The predicted octanol–water partition coefficient (Wildman–Crippen LogP) is 2.37. The number of carboxylic acids is 1. The molecule has 0 aromatic heterocycles. The van der Waals surface area contributed by atoms with Crippen molar-refractivity contribution in [2.24, 2.45) is 0 Å². The summed E-state index contributed by atoms with van der Waals surface area (Å²) in [6.07, 6.45) is 0.833. The molecule has 1 aromatic rings. The van der Waals surface area contributed by atoms with E-state index in [2.05, 4.69) is 31.3 Å². The Morgan fingerprint density at radius 3 is 2.15 bits per heavy atom. The van der Waals surface area contributed by atoms with E-state index in [0.29, 0.717) is 0 Å². The summed E-state index contributed by atoms with van der Waals surface area (Å²) in [5, 5.41) is 7.60. The molecule has 0 aliphatic carbocycles. The highest BCUT2D eigenvalue weighted by Gasteiger charge is 1.80. The third-order valence-electron chi connectivity index (χ3n) is 1.20. The van der Waals surface area contributed by atoms with Crippen LogP contribution in [-0.4, -0.2) is 11.1 Å². The molecular weight excluding hydrogens is 184 g/mol. The fourth-order valence-electron chi connectivity index (χ4n) is 0.583. The van der Waals surface area contributed by atoms with E-state index in [1.54, 1.807) is 0 Å². The zero-order valence-corrected chi connectivity index (χ0v) is 8.08. The second-order valence-electron chi connectivity index (χ2n) is 2.19. The molecule has 1 aromatic carbocycles. The lowest BCUT2D eigenvalue weighted by atomic mass is 10.2. The molecule has 0 heterocycles. The number of rotatable bonds is 2. The molecule has 0 unspecified atom stereocenters. The summed E-state index contributed by atoms with van der Waals surface area (Å²) in [5.41, 5.74) is 1.27. The first-order valence-electron chi connectivity index (χ1n) is 3.71. The summed E-state index contributed by atoms with van der Waals surface area (Å²) in [5.74, 6) is -0.147. The Balaban J connectivity index is 0.000000252. The highest BCUT2D eigenvalue weighted by atomic mass is 32.1. The van der Waals surface area contributed by atoms with Gasteiger partial charge in [0, 0.05) is 11.8 Å². The minimum atomic E-state index is -0.981. The first kappa shape index (κ1) is 11.8. The van der Waals surface area contributed by atoms with Gasteiger partial charge in [-0.05, 0) is 5.56 Å². The maximum absolute atomic E-state index is 9.25. The van der Waals surface area contributed by atoms with E-state index in [-0.39, 0.29) is 0 Å². The Hall–Kier alpha value is -1.22. The lowest BCUT2D eigenvalue weighted by molar-refractivity contribution is -0.131. The van der Waals surface area contributed by atoms with Crippen LogP contribution < -0.4 is 0 Å². The Labute approximate surface area is 83.3 Å². The largest absolute Gasteiger partial charge is 0.478 e. The van der Waals surface area contributed by atoms with E-state index >= 15 is 0 Å². The van der Waals surface area contributed by atoms with Crippen LogP contribution >= 0.6 is 12.6 Å². The van der Waals surface area contributed by atoms with Crippen LogP contribution in [-0.2, 0) is 10.5 Å². The molecule has 0 amide bonds. The smallest absolute Gasteiger partial charge is 0.327 e. The average molecular weight is 196 g/mol. The third kappa shape index (κ3) is 7.15. The molecule has 3 heteroatoms. The van der Waals surface area contributed by atoms with Crippen LogP contribution in [0.15, 0.2) is 43.0 Å². The van der Waals surface area contributed by atoms with Gasteiger partial charge >= 0.3 is 5.97 Å². The van der Waals surface area contributed by atoms with Crippen molar-refractivity contribution in [1.29, 1.82) is 0 Å². The fourth-order valence-corrected chi connectivity index (χ4v) is 0.794. The summed E-state index contributed by atoms with van der Waals surface area (Å²) in [6, 6.07) is 10.2. The summed E-state index contributed by atoms with van der Waals surface area (Å²) >= 11 is 4.11. The van der Waals surface area contributed by atoms with Crippen molar-refractivity contribution in [2.45, 2.75) is 5.75 Å². The number of aliphatic carboxylic acids is 1. The molecule has 0 saturated carbocycles. The third-order valence-corrected chi connectivity index (χ3v) is 1.57. The van der Waals surface area contributed by atoms with Crippen LogP contribution in [0.5, 0.6) is 0 Å². The van der Waals surface area contributed by atoms with Gasteiger partial charge in [-0.3, -0.25) is 0 Å².